The highest BCUT2D eigenvalue weighted by Gasteiger charge is 2.49. The molecule has 1 unspecified atom stereocenters. The lowest BCUT2D eigenvalue weighted by Crippen LogP contribution is -2.44. The third-order valence-electron chi connectivity index (χ3n) is 6.35. The second-order valence-electron chi connectivity index (χ2n) is 8.71. The summed E-state index contributed by atoms with van der Waals surface area (Å²) in [6, 6.07) is 1.67. The zero-order valence-electron chi connectivity index (χ0n) is 18.0. The molecule has 2 aliphatic heterocycles. The van der Waals surface area contributed by atoms with Crippen molar-refractivity contribution >= 4 is 21.6 Å². The largest absolute Gasteiger partial charge is 0.338 e. The molecule has 2 aliphatic rings. The van der Waals surface area contributed by atoms with Crippen LogP contribution in [-0.4, -0.2) is 71.1 Å². The van der Waals surface area contributed by atoms with Gasteiger partial charge in [-0.05, 0) is 50.2 Å². The molecule has 1 N–H and O–H groups in total. The number of anilines is 1. The molecule has 31 heavy (non-hydrogen) atoms. The number of aromatic nitrogens is 3. The Morgan fingerprint density at radius 3 is 2.68 bits per heavy atom. The lowest BCUT2D eigenvalue weighted by atomic mass is 9.77. The number of pyridine rings is 1. The maximum atomic E-state index is 12.8. The molecule has 10 nitrogen and oxygen atoms in total. The molecule has 1 atom stereocenters. The van der Waals surface area contributed by atoms with Crippen LogP contribution in [0.5, 0.6) is 0 Å². The number of nitrogens with zero attached hydrogens (tertiary/aromatic N) is 5. The number of aryl methyl sites for hydroxylation is 2. The van der Waals surface area contributed by atoms with Crippen molar-refractivity contribution in [1.82, 2.24) is 24.3 Å². The van der Waals surface area contributed by atoms with Crippen LogP contribution in [0.15, 0.2) is 23.0 Å². The van der Waals surface area contributed by atoms with Gasteiger partial charge < -0.3 is 9.84 Å². The summed E-state index contributed by atoms with van der Waals surface area (Å²) in [5.74, 6) is 0.923. The van der Waals surface area contributed by atoms with E-state index in [1.165, 1.54) is 10.6 Å². The van der Waals surface area contributed by atoms with E-state index in [0.717, 1.165) is 24.8 Å². The van der Waals surface area contributed by atoms with Crippen LogP contribution in [0, 0.1) is 19.3 Å². The molecule has 0 radical (unpaired) electrons. The first-order valence-electron chi connectivity index (χ1n) is 10.4. The van der Waals surface area contributed by atoms with E-state index in [9.17, 15) is 13.2 Å². The number of piperidine rings is 1. The van der Waals surface area contributed by atoms with E-state index in [0.29, 0.717) is 37.0 Å². The van der Waals surface area contributed by atoms with Crippen LogP contribution in [-0.2, 0) is 14.8 Å². The molecule has 11 heteroatoms. The Kier molecular flexibility index (Phi) is 5.84. The Morgan fingerprint density at radius 2 is 2.06 bits per heavy atom. The zero-order chi connectivity index (χ0) is 22.2. The summed E-state index contributed by atoms with van der Waals surface area (Å²) < 4.78 is 30.8. The van der Waals surface area contributed by atoms with E-state index in [-0.39, 0.29) is 23.9 Å². The molecule has 4 heterocycles. The van der Waals surface area contributed by atoms with Gasteiger partial charge in [0, 0.05) is 25.8 Å². The summed E-state index contributed by atoms with van der Waals surface area (Å²) in [7, 11) is -3.20. The van der Waals surface area contributed by atoms with Crippen LogP contribution >= 0.6 is 0 Å². The number of sulfonamides is 1. The monoisotopic (exact) mass is 448 g/mol. The zero-order valence-corrected chi connectivity index (χ0v) is 18.9. The summed E-state index contributed by atoms with van der Waals surface area (Å²) in [6.07, 6.45) is 6.81. The molecule has 1 amide bonds. The maximum Gasteiger partial charge on any atom is 0.244 e. The van der Waals surface area contributed by atoms with Crippen molar-refractivity contribution in [3.8, 4) is 0 Å². The molecular formula is C20H28N6O4S. The fraction of sp³-hybridized carbons (Fsp3) is 0.600. The minimum Gasteiger partial charge on any atom is -0.338 e. The van der Waals surface area contributed by atoms with Crippen molar-refractivity contribution in [3.05, 3.63) is 35.7 Å². The number of nitrogens with one attached hydrogen (secondary N) is 1. The molecule has 2 fully saturated rings. The Labute approximate surface area is 182 Å². The summed E-state index contributed by atoms with van der Waals surface area (Å²) >= 11 is 0. The lowest BCUT2D eigenvalue weighted by Gasteiger charge is -2.38. The summed E-state index contributed by atoms with van der Waals surface area (Å²) in [6.45, 7) is 5.52. The van der Waals surface area contributed by atoms with Gasteiger partial charge in [-0.15, -0.1) is 0 Å². The molecule has 2 aromatic heterocycles. The first kappa shape index (κ1) is 21.8. The summed E-state index contributed by atoms with van der Waals surface area (Å²) in [4.78, 5) is 23.4. The summed E-state index contributed by atoms with van der Waals surface area (Å²) in [5, 5.41) is 6.86. The number of hydrogen-bond acceptors (Lipinski definition) is 8. The molecule has 0 saturated carbocycles. The van der Waals surface area contributed by atoms with E-state index in [1.54, 1.807) is 19.3 Å². The normalized spacial score (nSPS) is 22.1. The Bertz CT molecular complexity index is 1060. The minimum atomic E-state index is -3.20. The predicted molar refractivity (Wildman–Crippen MR) is 114 cm³/mol. The third kappa shape index (κ3) is 4.78. The standard InChI is InChI=1S/C20H28N6O4S/c1-14-4-7-21-11-16(14)23-18(27)12-25-13-20(5-8-26(9-6-20)31(3,28)29)10-17(25)19-22-15(2)24-30-19/h4,7,11,17H,5-6,8-10,12-13H2,1-3H3,(H,23,27). The van der Waals surface area contributed by atoms with Crippen molar-refractivity contribution in [2.24, 2.45) is 5.41 Å². The van der Waals surface area contributed by atoms with Gasteiger partial charge in [0.2, 0.25) is 21.8 Å². The van der Waals surface area contributed by atoms with Gasteiger partial charge in [0.1, 0.15) is 0 Å². The second kappa shape index (κ2) is 8.29. The molecule has 1 spiro atoms. The van der Waals surface area contributed by atoms with Crippen LogP contribution in [0.3, 0.4) is 0 Å². The van der Waals surface area contributed by atoms with Gasteiger partial charge in [0.25, 0.3) is 0 Å². The van der Waals surface area contributed by atoms with Crippen molar-refractivity contribution < 1.29 is 17.7 Å². The number of likely N-dealkylation sites (tertiary alicyclic amines) is 1. The van der Waals surface area contributed by atoms with Crippen LogP contribution in [0.2, 0.25) is 0 Å². The van der Waals surface area contributed by atoms with Crippen LogP contribution in [0.1, 0.15) is 42.6 Å². The van der Waals surface area contributed by atoms with Gasteiger partial charge in [-0.1, -0.05) is 5.16 Å². The van der Waals surface area contributed by atoms with E-state index in [4.69, 9.17) is 4.52 Å². The molecular weight excluding hydrogens is 420 g/mol. The first-order chi connectivity index (χ1) is 14.7. The molecule has 0 aliphatic carbocycles. The first-order valence-corrected chi connectivity index (χ1v) is 12.2. The van der Waals surface area contributed by atoms with Crippen LogP contribution in [0.4, 0.5) is 5.69 Å². The van der Waals surface area contributed by atoms with Gasteiger partial charge in [-0.25, -0.2) is 12.7 Å². The van der Waals surface area contributed by atoms with Crippen LogP contribution in [0.25, 0.3) is 0 Å². The smallest absolute Gasteiger partial charge is 0.244 e. The number of rotatable bonds is 5. The quantitative estimate of drug-likeness (QED) is 0.730. The maximum absolute atomic E-state index is 12.8. The Hall–Kier alpha value is -2.37. The van der Waals surface area contributed by atoms with Crippen molar-refractivity contribution in [2.45, 2.75) is 39.2 Å². The summed E-state index contributed by atoms with van der Waals surface area (Å²) in [5.41, 5.74) is 1.55. The molecule has 2 saturated heterocycles. The minimum absolute atomic E-state index is 0.0846. The predicted octanol–water partition coefficient (Wildman–Crippen LogP) is 1.51. The molecule has 0 bridgehead atoms. The van der Waals surface area contributed by atoms with Crippen molar-refractivity contribution in [1.29, 1.82) is 0 Å². The average Bonchev–Trinajstić information content (AvgIpc) is 3.27. The van der Waals surface area contributed by atoms with Crippen molar-refractivity contribution in [3.63, 3.8) is 0 Å². The van der Waals surface area contributed by atoms with E-state index < -0.39 is 10.0 Å². The number of hydrogen-bond donors (Lipinski definition) is 1. The Balaban J connectivity index is 1.50. The van der Waals surface area contributed by atoms with Crippen LogP contribution < -0.4 is 5.32 Å². The molecule has 0 aromatic carbocycles. The third-order valence-corrected chi connectivity index (χ3v) is 7.65. The highest BCUT2D eigenvalue weighted by molar-refractivity contribution is 7.88. The fourth-order valence-electron chi connectivity index (χ4n) is 4.63. The number of amides is 1. The number of carbonyl (C=O) groups is 1. The number of carbonyl (C=O) groups excluding carboxylic acids is 1. The molecule has 2 aromatic rings. The highest BCUT2D eigenvalue weighted by atomic mass is 32.2. The van der Waals surface area contributed by atoms with Gasteiger partial charge in [0.15, 0.2) is 5.82 Å². The van der Waals surface area contributed by atoms with E-state index in [1.807, 2.05) is 13.0 Å². The fourth-order valence-corrected chi connectivity index (χ4v) is 5.47. The highest BCUT2D eigenvalue weighted by Crippen LogP contribution is 2.48. The average molecular weight is 449 g/mol. The molecule has 168 valence electrons. The van der Waals surface area contributed by atoms with E-state index in [2.05, 4.69) is 25.3 Å². The van der Waals surface area contributed by atoms with Gasteiger partial charge >= 0.3 is 0 Å². The van der Waals surface area contributed by atoms with Gasteiger partial charge in [-0.3, -0.25) is 14.7 Å². The SMILES string of the molecule is Cc1noc(C2CC3(CCN(S(C)(=O)=O)CC3)CN2CC(=O)Nc2cnccc2C)n1. The van der Waals surface area contributed by atoms with E-state index >= 15 is 0 Å². The molecule has 4 rings (SSSR count). The Morgan fingerprint density at radius 1 is 1.32 bits per heavy atom. The van der Waals surface area contributed by atoms with Gasteiger partial charge in [-0.2, -0.15) is 4.98 Å². The van der Waals surface area contributed by atoms with Gasteiger partial charge in [0.05, 0.1) is 30.7 Å². The second-order valence-corrected chi connectivity index (χ2v) is 10.7. The lowest BCUT2D eigenvalue weighted by molar-refractivity contribution is -0.117. The topological polar surface area (TPSA) is 122 Å². The van der Waals surface area contributed by atoms with Crippen molar-refractivity contribution in [2.75, 3.05) is 37.8 Å².